The molecule has 1 aromatic rings. The second-order valence-corrected chi connectivity index (χ2v) is 4.24. The van der Waals surface area contributed by atoms with E-state index in [0.29, 0.717) is 17.9 Å². The highest BCUT2D eigenvalue weighted by Gasteiger charge is 2.03. The average molecular weight is 248 g/mol. The first-order chi connectivity index (χ1) is 8.67. The lowest BCUT2D eigenvalue weighted by atomic mass is 10.1. The number of benzene rings is 1. The Morgan fingerprint density at radius 2 is 2.17 bits per heavy atom. The Morgan fingerprint density at radius 3 is 2.78 bits per heavy atom. The van der Waals surface area contributed by atoms with E-state index in [0.717, 1.165) is 18.7 Å². The predicted molar refractivity (Wildman–Crippen MR) is 70.5 cm³/mol. The smallest absolute Gasteiger partial charge is 0.136 e. The molecule has 0 heterocycles. The molecule has 0 spiro atoms. The third-order valence-corrected chi connectivity index (χ3v) is 2.44. The van der Waals surface area contributed by atoms with Crippen LogP contribution in [0.1, 0.15) is 25.0 Å². The van der Waals surface area contributed by atoms with Gasteiger partial charge in [-0.1, -0.05) is 6.07 Å². The topological polar surface area (TPSA) is 54.3 Å². The van der Waals surface area contributed by atoms with Crippen molar-refractivity contribution in [3.8, 4) is 11.8 Å². The van der Waals surface area contributed by atoms with Gasteiger partial charge in [0.25, 0.3) is 0 Å². The molecule has 1 N–H and O–H groups in total. The fourth-order valence-corrected chi connectivity index (χ4v) is 1.55. The van der Waals surface area contributed by atoms with Crippen molar-refractivity contribution < 1.29 is 9.47 Å². The van der Waals surface area contributed by atoms with Gasteiger partial charge in [-0.05, 0) is 31.5 Å². The number of rotatable bonds is 7. The molecule has 0 aliphatic heterocycles. The van der Waals surface area contributed by atoms with Crippen LogP contribution in [0, 0.1) is 11.3 Å². The molecule has 0 unspecified atom stereocenters. The van der Waals surface area contributed by atoms with Crippen molar-refractivity contribution >= 4 is 0 Å². The first-order valence-corrected chi connectivity index (χ1v) is 6.06. The fraction of sp³-hybridized carbons (Fsp3) is 0.500. The first kappa shape index (κ1) is 14.5. The van der Waals surface area contributed by atoms with Crippen LogP contribution in [0.2, 0.25) is 0 Å². The molecule has 0 saturated heterocycles. The summed E-state index contributed by atoms with van der Waals surface area (Å²) in [6.07, 6.45) is 0.262. The molecule has 1 aromatic carbocycles. The van der Waals surface area contributed by atoms with Gasteiger partial charge in [0.1, 0.15) is 11.8 Å². The zero-order valence-electron chi connectivity index (χ0n) is 11.2. The summed E-state index contributed by atoms with van der Waals surface area (Å²) < 4.78 is 10.5. The molecule has 0 aliphatic rings. The molecule has 0 fully saturated rings. The summed E-state index contributed by atoms with van der Waals surface area (Å²) in [7, 11) is 1.57. The van der Waals surface area contributed by atoms with Crippen LogP contribution in [0.15, 0.2) is 18.2 Å². The lowest BCUT2D eigenvalue weighted by molar-refractivity contribution is 0.0807. The number of nitriles is 1. The van der Waals surface area contributed by atoms with E-state index in [1.54, 1.807) is 7.11 Å². The lowest BCUT2D eigenvalue weighted by Crippen LogP contribution is -2.21. The number of nitrogens with zero attached hydrogens (tertiary/aromatic N) is 1. The highest BCUT2D eigenvalue weighted by Crippen LogP contribution is 2.18. The van der Waals surface area contributed by atoms with Crippen LogP contribution in [0.5, 0.6) is 5.75 Å². The van der Waals surface area contributed by atoms with E-state index in [1.807, 2.05) is 32.0 Å². The Bertz CT molecular complexity index is 411. The highest BCUT2D eigenvalue weighted by atomic mass is 16.5. The summed E-state index contributed by atoms with van der Waals surface area (Å²) in [5.74, 6) is 0.615. The Labute approximate surface area is 109 Å². The Kier molecular flexibility index (Phi) is 6.20. The maximum absolute atomic E-state index is 8.97. The van der Waals surface area contributed by atoms with Crippen LogP contribution in [-0.4, -0.2) is 26.4 Å². The fourth-order valence-electron chi connectivity index (χ4n) is 1.55. The molecule has 18 heavy (non-hydrogen) atoms. The summed E-state index contributed by atoms with van der Waals surface area (Å²) in [4.78, 5) is 0. The van der Waals surface area contributed by atoms with Crippen LogP contribution in [0.3, 0.4) is 0 Å². The average Bonchev–Trinajstić information content (AvgIpc) is 2.37. The van der Waals surface area contributed by atoms with Gasteiger partial charge in [-0.3, -0.25) is 0 Å². The van der Waals surface area contributed by atoms with Crippen molar-refractivity contribution in [3.63, 3.8) is 0 Å². The van der Waals surface area contributed by atoms with Gasteiger partial charge in [-0.25, -0.2) is 0 Å². The predicted octanol–water partition coefficient (Wildman–Crippen LogP) is 2.08. The second-order valence-electron chi connectivity index (χ2n) is 4.24. The van der Waals surface area contributed by atoms with Crippen molar-refractivity contribution in [2.45, 2.75) is 26.5 Å². The maximum Gasteiger partial charge on any atom is 0.136 e. The lowest BCUT2D eigenvalue weighted by Gasteiger charge is -2.09. The van der Waals surface area contributed by atoms with Crippen molar-refractivity contribution in [2.24, 2.45) is 0 Å². The highest BCUT2D eigenvalue weighted by molar-refractivity contribution is 5.45. The molecule has 98 valence electrons. The van der Waals surface area contributed by atoms with E-state index in [-0.39, 0.29) is 6.10 Å². The molecule has 0 atom stereocenters. The largest absolute Gasteiger partial charge is 0.495 e. The molecular formula is C14H20N2O2. The van der Waals surface area contributed by atoms with Gasteiger partial charge in [0.05, 0.1) is 25.4 Å². The van der Waals surface area contributed by atoms with E-state index < -0.39 is 0 Å². The number of methoxy groups -OCH3 is 1. The molecule has 0 aliphatic carbocycles. The van der Waals surface area contributed by atoms with E-state index in [4.69, 9.17) is 14.7 Å². The zero-order chi connectivity index (χ0) is 13.4. The van der Waals surface area contributed by atoms with Gasteiger partial charge >= 0.3 is 0 Å². The van der Waals surface area contributed by atoms with Crippen LogP contribution < -0.4 is 10.1 Å². The standard InChI is InChI=1S/C14H20N2O2/c1-11(2)18-7-6-16-10-12-4-5-14(17-3)13(8-12)9-15/h4-5,8,11,16H,6-7,10H2,1-3H3. The van der Waals surface area contributed by atoms with Gasteiger partial charge in [0.15, 0.2) is 0 Å². The molecular weight excluding hydrogens is 228 g/mol. The second kappa shape index (κ2) is 7.70. The normalized spacial score (nSPS) is 10.4. The van der Waals surface area contributed by atoms with Gasteiger partial charge in [0.2, 0.25) is 0 Å². The molecule has 0 bridgehead atoms. The molecule has 0 amide bonds. The van der Waals surface area contributed by atoms with Crippen LogP contribution >= 0.6 is 0 Å². The van der Waals surface area contributed by atoms with Crippen LogP contribution in [0.4, 0.5) is 0 Å². The third-order valence-electron chi connectivity index (χ3n) is 2.44. The number of ether oxygens (including phenoxy) is 2. The monoisotopic (exact) mass is 248 g/mol. The summed E-state index contributed by atoms with van der Waals surface area (Å²) in [5.41, 5.74) is 1.63. The molecule has 1 rings (SSSR count). The minimum Gasteiger partial charge on any atom is -0.495 e. The van der Waals surface area contributed by atoms with Crippen molar-refractivity contribution in [1.29, 1.82) is 5.26 Å². The quantitative estimate of drug-likeness (QED) is 0.751. The van der Waals surface area contributed by atoms with E-state index in [1.165, 1.54) is 0 Å². The van der Waals surface area contributed by atoms with Gasteiger partial charge in [-0.15, -0.1) is 0 Å². The van der Waals surface area contributed by atoms with Gasteiger partial charge < -0.3 is 14.8 Å². The Hall–Kier alpha value is -1.57. The molecule has 0 aromatic heterocycles. The van der Waals surface area contributed by atoms with Crippen LogP contribution in [0.25, 0.3) is 0 Å². The van der Waals surface area contributed by atoms with Gasteiger partial charge in [-0.2, -0.15) is 5.26 Å². The Balaban J connectivity index is 2.41. The zero-order valence-corrected chi connectivity index (χ0v) is 11.2. The van der Waals surface area contributed by atoms with Crippen molar-refractivity contribution in [1.82, 2.24) is 5.32 Å². The number of hydrogen-bond acceptors (Lipinski definition) is 4. The molecule has 0 radical (unpaired) electrons. The van der Waals surface area contributed by atoms with E-state index >= 15 is 0 Å². The molecule has 4 heteroatoms. The van der Waals surface area contributed by atoms with Crippen LogP contribution in [-0.2, 0) is 11.3 Å². The maximum atomic E-state index is 8.97. The van der Waals surface area contributed by atoms with E-state index in [2.05, 4.69) is 11.4 Å². The SMILES string of the molecule is COc1ccc(CNCCOC(C)C)cc1C#N. The summed E-state index contributed by atoms with van der Waals surface area (Å²) in [5, 5.41) is 12.2. The molecule has 0 saturated carbocycles. The summed E-state index contributed by atoms with van der Waals surface area (Å²) >= 11 is 0. The minimum absolute atomic E-state index is 0.262. The number of hydrogen-bond donors (Lipinski definition) is 1. The summed E-state index contributed by atoms with van der Waals surface area (Å²) in [6, 6.07) is 7.74. The molecule has 4 nitrogen and oxygen atoms in total. The third kappa shape index (κ3) is 4.74. The first-order valence-electron chi connectivity index (χ1n) is 6.06. The Morgan fingerprint density at radius 1 is 1.39 bits per heavy atom. The number of nitrogens with one attached hydrogen (secondary N) is 1. The van der Waals surface area contributed by atoms with Gasteiger partial charge in [0, 0.05) is 13.1 Å². The van der Waals surface area contributed by atoms with Crippen molar-refractivity contribution in [3.05, 3.63) is 29.3 Å². The summed E-state index contributed by atoms with van der Waals surface area (Å²) in [6.45, 7) is 6.25. The van der Waals surface area contributed by atoms with E-state index in [9.17, 15) is 0 Å². The van der Waals surface area contributed by atoms with Crippen molar-refractivity contribution in [2.75, 3.05) is 20.3 Å². The minimum atomic E-state index is 0.262.